The number of rotatable bonds is 13. The lowest BCUT2D eigenvalue weighted by Crippen LogP contribution is -2.53. The molecule has 0 spiro atoms. The molecule has 0 heterocycles. The molecule has 10 heteroatoms. The van der Waals surface area contributed by atoms with Crippen LogP contribution in [-0.4, -0.2) is 44.3 Å². The van der Waals surface area contributed by atoms with Gasteiger partial charge in [0, 0.05) is 19.5 Å². The van der Waals surface area contributed by atoms with Crippen molar-refractivity contribution in [2.24, 2.45) is 0 Å². The molecule has 0 aliphatic rings. The highest BCUT2D eigenvalue weighted by Gasteiger charge is 2.34. The normalized spacial score (nSPS) is 11.9. The lowest BCUT2D eigenvalue weighted by atomic mass is 10.0. The van der Waals surface area contributed by atoms with E-state index in [4.69, 9.17) is 23.2 Å². The summed E-state index contributed by atoms with van der Waals surface area (Å²) in [5.74, 6) is -0.871. The Labute approximate surface area is 263 Å². The minimum absolute atomic E-state index is 0.00464. The summed E-state index contributed by atoms with van der Waals surface area (Å²) in [5, 5.41) is 3.32. The predicted molar refractivity (Wildman–Crippen MR) is 172 cm³/mol. The van der Waals surface area contributed by atoms with Gasteiger partial charge < -0.3 is 10.2 Å². The molecular formula is C33H33Cl2N3O4S. The van der Waals surface area contributed by atoms with E-state index >= 15 is 0 Å². The van der Waals surface area contributed by atoms with Crippen molar-refractivity contribution < 1.29 is 18.0 Å². The molecule has 0 aromatic heterocycles. The van der Waals surface area contributed by atoms with Crippen molar-refractivity contribution in [3.8, 4) is 0 Å². The summed E-state index contributed by atoms with van der Waals surface area (Å²) in [6, 6.07) is 30.0. The summed E-state index contributed by atoms with van der Waals surface area (Å²) < 4.78 is 29.0. The molecule has 0 radical (unpaired) electrons. The van der Waals surface area contributed by atoms with Crippen LogP contribution < -0.4 is 9.62 Å². The minimum Gasteiger partial charge on any atom is -0.354 e. The molecule has 0 unspecified atom stereocenters. The second-order valence-electron chi connectivity index (χ2n) is 9.93. The van der Waals surface area contributed by atoms with Crippen LogP contribution in [0.1, 0.15) is 24.5 Å². The summed E-state index contributed by atoms with van der Waals surface area (Å²) in [6.07, 6.45) is 0.962. The first-order valence-electron chi connectivity index (χ1n) is 13.9. The first kappa shape index (κ1) is 32.1. The third-order valence-electron chi connectivity index (χ3n) is 6.82. The fraction of sp³-hybridized carbons (Fsp3) is 0.212. The summed E-state index contributed by atoms with van der Waals surface area (Å²) in [4.78, 5) is 29.4. The highest BCUT2D eigenvalue weighted by Crippen LogP contribution is 2.31. The van der Waals surface area contributed by atoms with Crippen LogP contribution >= 0.6 is 23.2 Å². The number of nitrogens with zero attached hydrogens (tertiary/aromatic N) is 2. The quantitative estimate of drug-likeness (QED) is 0.185. The third-order valence-corrected chi connectivity index (χ3v) is 9.34. The Balaban J connectivity index is 1.79. The number of sulfonamides is 1. The molecule has 4 aromatic carbocycles. The molecule has 0 saturated heterocycles. The Morgan fingerprint density at radius 1 is 0.791 bits per heavy atom. The average Bonchev–Trinajstić information content (AvgIpc) is 3.03. The van der Waals surface area contributed by atoms with Gasteiger partial charge in [-0.2, -0.15) is 0 Å². The number of hydrogen-bond acceptors (Lipinski definition) is 4. The molecule has 2 amide bonds. The van der Waals surface area contributed by atoms with E-state index < -0.39 is 28.5 Å². The van der Waals surface area contributed by atoms with Crippen LogP contribution in [-0.2, 0) is 32.6 Å². The molecule has 0 saturated carbocycles. The number of amides is 2. The zero-order valence-electron chi connectivity index (χ0n) is 23.7. The van der Waals surface area contributed by atoms with Gasteiger partial charge in [-0.1, -0.05) is 109 Å². The van der Waals surface area contributed by atoms with Gasteiger partial charge in [-0.25, -0.2) is 8.42 Å². The molecule has 0 bridgehead atoms. The first-order valence-corrected chi connectivity index (χ1v) is 16.1. The van der Waals surface area contributed by atoms with Crippen LogP contribution in [0.2, 0.25) is 10.0 Å². The fourth-order valence-electron chi connectivity index (χ4n) is 4.59. The number of benzene rings is 4. The molecule has 4 aromatic rings. The molecule has 0 aliphatic carbocycles. The van der Waals surface area contributed by atoms with Crippen molar-refractivity contribution in [2.75, 3.05) is 17.4 Å². The highest BCUT2D eigenvalue weighted by molar-refractivity contribution is 7.92. The van der Waals surface area contributed by atoms with Crippen LogP contribution in [0.4, 0.5) is 5.69 Å². The van der Waals surface area contributed by atoms with Crippen LogP contribution in [0.3, 0.4) is 0 Å². The maximum atomic E-state index is 14.4. The Bertz CT molecular complexity index is 1620. The zero-order chi connectivity index (χ0) is 30.8. The van der Waals surface area contributed by atoms with Crippen molar-refractivity contribution in [1.82, 2.24) is 10.2 Å². The van der Waals surface area contributed by atoms with Crippen molar-refractivity contribution in [3.63, 3.8) is 0 Å². The Morgan fingerprint density at radius 3 is 1.95 bits per heavy atom. The number of anilines is 1. The predicted octanol–water partition coefficient (Wildman–Crippen LogP) is 6.36. The SMILES string of the molecule is CCCNC(=O)[C@H](Cc1ccccc1)N(Cc1ccccc1)C(=O)CN(c1ccc(Cl)c(Cl)c1)S(=O)(=O)c1ccccc1. The van der Waals surface area contributed by atoms with E-state index in [2.05, 4.69) is 5.32 Å². The van der Waals surface area contributed by atoms with Crippen LogP contribution in [0.5, 0.6) is 0 Å². The van der Waals surface area contributed by atoms with E-state index in [1.54, 1.807) is 18.2 Å². The zero-order valence-corrected chi connectivity index (χ0v) is 26.0. The standard InChI is InChI=1S/C33H33Cl2N3O4S/c1-2-20-36-33(40)31(21-25-12-6-3-7-13-25)37(23-26-14-8-4-9-15-26)32(39)24-38(27-18-19-29(34)30(35)22-27)43(41,42)28-16-10-5-11-17-28/h3-19,22,31H,2,20-21,23-24H2,1H3,(H,36,40)/t31-/m0/s1. The van der Waals surface area contributed by atoms with Crippen molar-refractivity contribution >= 4 is 50.7 Å². The Hall–Kier alpha value is -3.85. The number of nitrogens with one attached hydrogen (secondary N) is 1. The van der Waals surface area contributed by atoms with Crippen LogP contribution in [0, 0.1) is 0 Å². The van der Waals surface area contributed by atoms with Gasteiger partial charge in [-0.15, -0.1) is 0 Å². The molecule has 1 atom stereocenters. The lowest BCUT2D eigenvalue weighted by Gasteiger charge is -2.34. The van der Waals surface area contributed by atoms with Gasteiger partial charge >= 0.3 is 0 Å². The second kappa shape index (κ2) is 15.0. The summed E-state index contributed by atoms with van der Waals surface area (Å²) >= 11 is 12.4. The average molecular weight is 639 g/mol. The van der Waals surface area contributed by atoms with Gasteiger partial charge in [0.05, 0.1) is 20.6 Å². The van der Waals surface area contributed by atoms with Crippen molar-refractivity contribution in [2.45, 2.75) is 37.2 Å². The van der Waals surface area contributed by atoms with E-state index in [1.807, 2.05) is 67.6 Å². The first-order chi connectivity index (χ1) is 20.7. The van der Waals surface area contributed by atoms with Gasteiger partial charge in [0.1, 0.15) is 12.6 Å². The monoisotopic (exact) mass is 637 g/mol. The highest BCUT2D eigenvalue weighted by atomic mass is 35.5. The maximum Gasteiger partial charge on any atom is 0.264 e. The van der Waals surface area contributed by atoms with E-state index in [1.165, 1.54) is 35.2 Å². The Morgan fingerprint density at radius 2 is 1.37 bits per heavy atom. The maximum absolute atomic E-state index is 14.4. The lowest BCUT2D eigenvalue weighted by molar-refractivity contribution is -0.140. The summed E-state index contributed by atoms with van der Waals surface area (Å²) in [6.45, 7) is 1.91. The minimum atomic E-state index is -4.22. The van der Waals surface area contributed by atoms with E-state index in [-0.39, 0.29) is 39.5 Å². The molecule has 0 aliphatic heterocycles. The molecule has 7 nitrogen and oxygen atoms in total. The topological polar surface area (TPSA) is 86.8 Å². The molecule has 224 valence electrons. The van der Waals surface area contributed by atoms with Crippen LogP contribution in [0.15, 0.2) is 114 Å². The van der Waals surface area contributed by atoms with E-state index in [9.17, 15) is 18.0 Å². The van der Waals surface area contributed by atoms with E-state index in [0.29, 0.717) is 6.54 Å². The smallest absolute Gasteiger partial charge is 0.264 e. The second-order valence-corrected chi connectivity index (χ2v) is 12.6. The van der Waals surface area contributed by atoms with Gasteiger partial charge in [-0.05, 0) is 47.9 Å². The number of carbonyl (C=O) groups excluding carboxylic acids is 2. The summed E-state index contributed by atoms with van der Waals surface area (Å²) in [5.41, 5.74) is 1.83. The summed E-state index contributed by atoms with van der Waals surface area (Å²) in [7, 11) is -4.22. The molecule has 0 fully saturated rings. The number of carbonyl (C=O) groups is 2. The van der Waals surface area contributed by atoms with Gasteiger partial charge in [0.25, 0.3) is 10.0 Å². The Kier molecular flexibility index (Phi) is 11.2. The largest absolute Gasteiger partial charge is 0.354 e. The molecule has 1 N–H and O–H groups in total. The fourth-order valence-corrected chi connectivity index (χ4v) is 6.31. The molecule has 4 rings (SSSR count). The number of halogens is 2. The van der Waals surface area contributed by atoms with Gasteiger partial charge in [0.15, 0.2) is 0 Å². The third kappa shape index (κ3) is 8.38. The van der Waals surface area contributed by atoms with Gasteiger partial charge in [0.2, 0.25) is 11.8 Å². The number of hydrogen-bond donors (Lipinski definition) is 1. The van der Waals surface area contributed by atoms with Crippen LogP contribution in [0.25, 0.3) is 0 Å². The van der Waals surface area contributed by atoms with Crippen molar-refractivity contribution in [1.29, 1.82) is 0 Å². The molecule has 43 heavy (non-hydrogen) atoms. The molecular weight excluding hydrogens is 605 g/mol. The van der Waals surface area contributed by atoms with E-state index in [0.717, 1.165) is 21.9 Å². The van der Waals surface area contributed by atoms with Crippen molar-refractivity contribution in [3.05, 3.63) is 130 Å². The van der Waals surface area contributed by atoms with Gasteiger partial charge in [-0.3, -0.25) is 13.9 Å².